The van der Waals surface area contributed by atoms with E-state index < -0.39 is 18.1 Å². The van der Waals surface area contributed by atoms with Crippen molar-refractivity contribution in [2.75, 3.05) is 41.0 Å². The van der Waals surface area contributed by atoms with Crippen LogP contribution in [0, 0.1) is 0 Å². The lowest BCUT2D eigenvalue weighted by Crippen LogP contribution is -2.50. The number of aliphatic carboxylic acids is 1. The third-order valence-electron chi connectivity index (χ3n) is 11.8. The highest BCUT2D eigenvalue weighted by Crippen LogP contribution is 2.15. The molecule has 0 aliphatic rings. The van der Waals surface area contributed by atoms with Crippen molar-refractivity contribution in [1.82, 2.24) is 0 Å². The Balaban J connectivity index is 4.23. The molecule has 0 rings (SSSR count). The number of unbranched alkanes of at least 4 members (excludes halogenated alkanes) is 29. The number of likely N-dealkylation sites (N-methyl/N-ethyl adjacent to an activating group) is 1. The van der Waals surface area contributed by atoms with E-state index in [1.807, 2.05) is 21.1 Å². The van der Waals surface area contributed by atoms with Crippen LogP contribution in [-0.2, 0) is 28.6 Å². The Kier molecular flexibility index (Phi) is 42.8. The summed E-state index contributed by atoms with van der Waals surface area (Å²) in [5, 5.41) is 9.65. The van der Waals surface area contributed by atoms with Crippen LogP contribution in [-0.4, -0.2) is 80.6 Å². The van der Waals surface area contributed by atoms with Crippen molar-refractivity contribution in [3.05, 3.63) is 24.3 Å². The summed E-state index contributed by atoms with van der Waals surface area (Å²) in [4.78, 5) is 37.1. The minimum absolute atomic E-state index is 0.0531. The van der Waals surface area contributed by atoms with Gasteiger partial charge in [0.05, 0.1) is 34.4 Å². The number of carbonyl (C=O) groups is 3. The number of hydrogen-bond donors (Lipinski definition) is 1. The first-order valence-electron chi connectivity index (χ1n) is 25.9. The van der Waals surface area contributed by atoms with Gasteiger partial charge in [0, 0.05) is 19.3 Å². The normalized spacial score (nSPS) is 13.0. The molecular weight excluding hydrogens is 763 g/mol. The predicted octanol–water partition coefficient (Wildman–Crippen LogP) is 14.8. The lowest BCUT2D eigenvalue weighted by Gasteiger charge is -2.31. The Morgan fingerprint density at radius 3 is 1.18 bits per heavy atom. The summed E-state index contributed by atoms with van der Waals surface area (Å²) >= 11 is 0. The molecule has 0 aromatic carbocycles. The molecule has 1 N–H and O–H groups in total. The zero-order valence-electron chi connectivity index (χ0n) is 40.9. The molecule has 358 valence electrons. The second-order valence-corrected chi connectivity index (χ2v) is 18.8. The molecule has 2 atom stereocenters. The molecule has 0 saturated carbocycles. The van der Waals surface area contributed by atoms with Gasteiger partial charge in [0.2, 0.25) is 0 Å². The molecule has 0 aromatic rings. The van der Waals surface area contributed by atoms with Crippen LogP contribution in [0.1, 0.15) is 245 Å². The summed E-state index contributed by atoms with van der Waals surface area (Å²) < 4.78 is 17.3. The number of rotatable bonds is 47. The zero-order valence-corrected chi connectivity index (χ0v) is 40.9. The van der Waals surface area contributed by atoms with Crippen LogP contribution in [0.15, 0.2) is 24.3 Å². The van der Waals surface area contributed by atoms with E-state index in [1.165, 1.54) is 161 Å². The third-order valence-corrected chi connectivity index (χ3v) is 11.8. The summed E-state index contributed by atoms with van der Waals surface area (Å²) in [6.45, 7) is 4.76. The van der Waals surface area contributed by atoms with Crippen molar-refractivity contribution in [3.8, 4) is 0 Å². The number of carboxylic acids is 1. The molecule has 0 aliphatic carbocycles. The second kappa shape index (κ2) is 44.4. The van der Waals surface area contributed by atoms with E-state index in [4.69, 9.17) is 14.2 Å². The summed E-state index contributed by atoms with van der Waals surface area (Å²) in [6.07, 6.45) is 50.8. The van der Waals surface area contributed by atoms with Crippen LogP contribution in [0.2, 0.25) is 0 Å². The van der Waals surface area contributed by atoms with Crippen LogP contribution in [0.4, 0.5) is 0 Å². The SMILES string of the molecule is CCCCCCCCC/C=C/CCCCCCCC(=O)OC(COCCC(C(=O)O)[N+](C)(C)C)COC(=O)CCCCCCCCC/C=C/CCCCCCCCCCCC. The van der Waals surface area contributed by atoms with E-state index in [1.54, 1.807) is 0 Å². The van der Waals surface area contributed by atoms with E-state index in [0.29, 0.717) is 19.3 Å². The van der Waals surface area contributed by atoms with Crippen molar-refractivity contribution in [2.45, 2.75) is 257 Å². The van der Waals surface area contributed by atoms with Crippen molar-refractivity contribution in [1.29, 1.82) is 0 Å². The maximum atomic E-state index is 12.8. The van der Waals surface area contributed by atoms with Crippen molar-refractivity contribution in [2.24, 2.45) is 0 Å². The molecule has 8 heteroatoms. The largest absolute Gasteiger partial charge is 0.477 e. The molecule has 0 radical (unpaired) electrons. The minimum atomic E-state index is -0.874. The predicted molar refractivity (Wildman–Crippen MR) is 257 cm³/mol. The fraction of sp³-hybridized carbons (Fsp3) is 0.868. The molecule has 0 heterocycles. The van der Waals surface area contributed by atoms with Crippen LogP contribution >= 0.6 is 0 Å². The molecule has 0 aliphatic heterocycles. The number of allylic oxidation sites excluding steroid dienone is 4. The maximum Gasteiger partial charge on any atom is 0.362 e. The second-order valence-electron chi connectivity index (χ2n) is 18.8. The summed E-state index contributed by atoms with van der Waals surface area (Å²) in [5.74, 6) is -1.47. The number of quaternary nitrogens is 1. The number of nitrogens with zero attached hydrogens (tertiary/aromatic N) is 1. The van der Waals surface area contributed by atoms with Gasteiger partial charge in [0.25, 0.3) is 0 Å². The number of carbonyl (C=O) groups excluding carboxylic acids is 2. The van der Waals surface area contributed by atoms with Gasteiger partial charge in [-0.25, -0.2) is 4.79 Å². The highest BCUT2D eigenvalue weighted by molar-refractivity contribution is 5.72. The van der Waals surface area contributed by atoms with Crippen molar-refractivity contribution in [3.63, 3.8) is 0 Å². The molecule has 0 saturated heterocycles. The molecule has 0 spiro atoms. The van der Waals surface area contributed by atoms with Crippen LogP contribution in [0.25, 0.3) is 0 Å². The maximum absolute atomic E-state index is 12.8. The first-order chi connectivity index (χ1) is 29.6. The molecule has 0 fully saturated rings. The van der Waals surface area contributed by atoms with Gasteiger partial charge in [-0.1, -0.05) is 186 Å². The average molecular weight is 863 g/mol. The summed E-state index contributed by atoms with van der Waals surface area (Å²) in [6, 6.07) is -0.615. The van der Waals surface area contributed by atoms with Crippen LogP contribution in [0.3, 0.4) is 0 Å². The molecule has 2 unspecified atom stereocenters. The third kappa shape index (κ3) is 42.9. The Labute approximate surface area is 377 Å². The fourth-order valence-corrected chi connectivity index (χ4v) is 7.79. The summed E-state index contributed by atoms with van der Waals surface area (Å²) in [7, 11) is 5.54. The van der Waals surface area contributed by atoms with E-state index >= 15 is 0 Å². The van der Waals surface area contributed by atoms with Gasteiger partial charge in [0.1, 0.15) is 6.61 Å². The average Bonchev–Trinajstić information content (AvgIpc) is 3.22. The van der Waals surface area contributed by atoms with E-state index in [-0.39, 0.29) is 36.2 Å². The Hall–Kier alpha value is -2.19. The Morgan fingerprint density at radius 1 is 0.475 bits per heavy atom. The smallest absolute Gasteiger partial charge is 0.362 e. The molecular formula is C53H100NO7+. The van der Waals surface area contributed by atoms with Gasteiger partial charge in [-0.3, -0.25) is 9.59 Å². The Bertz CT molecular complexity index is 1050. The standard InChI is InChI=1S/C53H99NO7/c1-6-8-10-12-14-16-18-20-22-24-25-26-27-28-30-31-33-35-37-39-41-43-51(55)60-48-49(47-59-46-45-50(53(57)58)54(3,4)5)61-52(56)44-42-40-38-36-34-32-29-23-21-19-17-15-13-11-9-7-2/h23,26-27,29,49-50H,6-22,24-25,28,30-48H2,1-5H3/p+1/b27-26+,29-23+. The first kappa shape index (κ1) is 58.8. The topological polar surface area (TPSA) is 99.1 Å². The van der Waals surface area contributed by atoms with Gasteiger partial charge in [0.15, 0.2) is 12.1 Å². The lowest BCUT2D eigenvalue weighted by atomic mass is 10.1. The highest BCUT2D eigenvalue weighted by atomic mass is 16.6. The molecule has 8 nitrogen and oxygen atoms in total. The van der Waals surface area contributed by atoms with Gasteiger partial charge in [-0.05, 0) is 64.2 Å². The quantitative estimate of drug-likeness (QED) is 0.0281. The van der Waals surface area contributed by atoms with Gasteiger partial charge < -0.3 is 23.8 Å². The number of carboxylic acid groups (broad SMARTS) is 1. The van der Waals surface area contributed by atoms with Gasteiger partial charge in [-0.15, -0.1) is 0 Å². The molecule has 0 amide bonds. The number of esters is 2. The van der Waals surface area contributed by atoms with Crippen LogP contribution in [0.5, 0.6) is 0 Å². The lowest BCUT2D eigenvalue weighted by molar-refractivity contribution is -0.887. The number of hydrogen-bond acceptors (Lipinski definition) is 6. The summed E-state index contributed by atoms with van der Waals surface area (Å²) in [5.41, 5.74) is 0. The van der Waals surface area contributed by atoms with E-state index in [9.17, 15) is 19.5 Å². The Morgan fingerprint density at radius 2 is 0.820 bits per heavy atom. The van der Waals surface area contributed by atoms with Crippen molar-refractivity contribution < 1.29 is 38.2 Å². The monoisotopic (exact) mass is 863 g/mol. The molecule has 0 aromatic heterocycles. The van der Waals surface area contributed by atoms with Crippen LogP contribution < -0.4 is 0 Å². The van der Waals surface area contributed by atoms with E-state index in [0.717, 1.165) is 51.4 Å². The number of ether oxygens (including phenoxy) is 3. The highest BCUT2D eigenvalue weighted by Gasteiger charge is 2.31. The minimum Gasteiger partial charge on any atom is -0.477 e. The van der Waals surface area contributed by atoms with Gasteiger partial charge >= 0.3 is 17.9 Å². The molecule has 0 bridgehead atoms. The molecule has 61 heavy (non-hydrogen) atoms. The van der Waals surface area contributed by atoms with E-state index in [2.05, 4.69) is 38.2 Å². The van der Waals surface area contributed by atoms with Gasteiger partial charge in [-0.2, -0.15) is 0 Å². The zero-order chi connectivity index (χ0) is 44.9. The fourth-order valence-electron chi connectivity index (χ4n) is 7.79. The van der Waals surface area contributed by atoms with Crippen molar-refractivity contribution >= 4 is 17.9 Å². The first-order valence-corrected chi connectivity index (χ1v) is 25.9.